The van der Waals surface area contributed by atoms with E-state index in [4.69, 9.17) is 5.73 Å². The van der Waals surface area contributed by atoms with E-state index in [1.807, 2.05) is 30.3 Å². The number of amides is 1. The Hall–Kier alpha value is -2.49. The molecule has 0 bridgehead atoms. The number of aromatic hydroxyl groups is 1. The average molecular weight is 242 g/mol. The molecule has 2 aromatic carbocycles. The summed E-state index contributed by atoms with van der Waals surface area (Å²) >= 11 is 0. The predicted molar refractivity (Wildman–Crippen MR) is 71.7 cm³/mol. The Balaban J connectivity index is 2.35. The molecule has 0 saturated carbocycles. The second kappa shape index (κ2) is 4.79. The van der Waals surface area contributed by atoms with Gasteiger partial charge in [-0.3, -0.25) is 4.79 Å². The van der Waals surface area contributed by atoms with Gasteiger partial charge in [0.05, 0.1) is 11.3 Å². The van der Waals surface area contributed by atoms with Gasteiger partial charge in [0.1, 0.15) is 0 Å². The van der Waals surface area contributed by atoms with Crippen molar-refractivity contribution in [3.8, 4) is 5.75 Å². The van der Waals surface area contributed by atoms with Gasteiger partial charge in [-0.05, 0) is 24.3 Å². The first-order chi connectivity index (χ1) is 8.61. The molecule has 0 aliphatic rings. The molecule has 0 aliphatic carbocycles. The highest BCUT2D eigenvalue weighted by Gasteiger charge is 2.17. The minimum Gasteiger partial charge on any atom is -0.505 e. The zero-order chi connectivity index (χ0) is 13.1. The van der Waals surface area contributed by atoms with Crippen LogP contribution in [0.3, 0.4) is 0 Å². The highest BCUT2D eigenvalue weighted by Crippen LogP contribution is 2.26. The summed E-state index contributed by atoms with van der Waals surface area (Å²) in [7, 11) is 1.65. The second-order valence-corrected chi connectivity index (χ2v) is 3.94. The minimum absolute atomic E-state index is 0.176. The molecule has 18 heavy (non-hydrogen) atoms. The molecular formula is C14H14N2O2. The van der Waals surface area contributed by atoms with Crippen molar-refractivity contribution in [3.05, 3.63) is 54.1 Å². The maximum Gasteiger partial charge on any atom is 0.261 e. The van der Waals surface area contributed by atoms with Gasteiger partial charge in [-0.25, -0.2) is 0 Å². The van der Waals surface area contributed by atoms with Crippen LogP contribution in [0.15, 0.2) is 48.5 Å². The molecule has 0 fully saturated rings. The third-order valence-electron chi connectivity index (χ3n) is 2.75. The monoisotopic (exact) mass is 242 g/mol. The van der Waals surface area contributed by atoms with Gasteiger partial charge in [-0.1, -0.05) is 24.3 Å². The molecule has 0 unspecified atom stereocenters. The van der Waals surface area contributed by atoms with Crippen molar-refractivity contribution in [3.63, 3.8) is 0 Å². The summed E-state index contributed by atoms with van der Waals surface area (Å²) in [6.45, 7) is 0. The molecule has 0 aromatic heterocycles. The van der Waals surface area contributed by atoms with Gasteiger partial charge in [-0.15, -0.1) is 0 Å². The molecule has 0 saturated heterocycles. The van der Waals surface area contributed by atoms with Crippen LogP contribution >= 0.6 is 0 Å². The van der Waals surface area contributed by atoms with Gasteiger partial charge in [-0.2, -0.15) is 0 Å². The van der Waals surface area contributed by atoms with Crippen molar-refractivity contribution in [2.24, 2.45) is 0 Å². The number of phenolic OH excluding ortho intramolecular Hbond substituents is 1. The molecular weight excluding hydrogens is 228 g/mol. The lowest BCUT2D eigenvalue weighted by Crippen LogP contribution is -2.26. The number of para-hydroxylation sites is 2. The van der Waals surface area contributed by atoms with Gasteiger partial charge >= 0.3 is 0 Å². The Kier molecular flexibility index (Phi) is 3.19. The highest BCUT2D eigenvalue weighted by atomic mass is 16.3. The SMILES string of the molecule is CN(C(=O)c1cccc(N)c1O)c1ccccc1. The highest BCUT2D eigenvalue weighted by molar-refractivity contribution is 6.08. The Bertz CT molecular complexity index is 567. The van der Waals surface area contributed by atoms with Crippen molar-refractivity contribution in [2.75, 3.05) is 17.7 Å². The third-order valence-corrected chi connectivity index (χ3v) is 2.75. The lowest BCUT2D eigenvalue weighted by atomic mass is 10.1. The number of phenols is 1. The summed E-state index contributed by atoms with van der Waals surface area (Å²) in [5, 5.41) is 9.79. The fourth-order valence-corrected chi connectivity index (χ4v) is 1.68. The first-order valence-corrected chi connectivity index (χ1v) is 5.52. The molecule has 92 valence electrons. The Morgan fingerprint density at radius 3 is 2.44 bits per heavy atom. The Morgan fingerprint density at radius 1 is 1.11 bits per heavy atom. The Labute approximate surface area is 105 Å². The molecule has 0 atom stereocenters. The first kappa shape index (κ1) is 12.0. The molecule has 2 rings (SSSR count). The summed E-state index contributed by atoms with van der Waals surface area (Å²) in [6.07, 6.45) is 0. The number of rotatable bonds is 2. The van der Waals surface area contributed by atoms with Crippen LogP contribution in [0, 0.1) is 0 Å². The summed E-state index contributed by atoms with van der Waals surface area (Å²) in [5.41, 5.74) is 6.72. The fourth-order valence-electron chi connectivity index (χ4n) is 1.68. The zero-order valence-electron chi connectivity index (χ0n) is 10.00. The van der Waals surface area contributed by atoms with E-state index in [-0.39, 0.29) is 22.9 Å². The standard InChI is InChI=1S/C14H14N2O2/c1-16(10-6-3-2-4-7-10)14(18)11-8-5-9-12(15)13(11)17/h2-9,17H,15H2,1H3. The van der Waals surface area contributed by atoms with Crippen LogP contribution in [0.1, 0.15) is 10.4 Å². The predicted octanol–water partition coefficient (Wildman–Crippen LogP) is 2.25. The van der Waals surface area contributed by atoms with Gasteiger partial charge in [0.2, 0.25) is 0 Å². The smallest absolute Gasteiger partial charge is 0.261 e. The maximum absolute atomic E-state index is 12.2. The van der Waals surface area contributed by atoms with Gasteiger partial charge in [0.25, 0.3) is 5.91 Å². The van der Waals surface area contributed by atoms with Gasteiger partial charge < -0.3 is 15.7 Å². The number of carbonyl (C=O) groups excluding carboxylic acids is 1. The first-order valence-electron chi connectivity index (χ1n) is 5.52. The molecule has 0 spiro atoms. The molecule has 1 amide bonds. The van der Waals surface area contributed by atoms with Crippen LogP contribution in [-0.4, -0.2) is 18.1 Å². The van der Waals surface area contributed by atoms with Crippen molar-refractivity contribution in [1.29, 1.82) is 0 Å². The molecule has 4 heteroatoms. The van der Waals surface area contributed by atoms with E-state index in [9.17, 15) is 9.90 Å². The van der Waals surface area contributed by atoms with Crippen LogP contribution < -0.4 is 10.6 Å². The molecule has 3 N–H and O–H groups in total. The summed E-state index contributed by atoms with van der Waals surface area (Å²) in [4.78, 5) is 13.7. The summed E-state index contributed by atoms with van der Waals surface area (Å²) in [5.74, 6) is -0.476. The number of benzene rings is 2. The van der Waals surface area contributed by atoms with Gasteiger partial charge in [0, 0.05) is 12.7 Å². The van der Waals surface area contributed by atoms with E-state index in [1.54, 1.807) is 25.2 Å². The van der Waals surface area contributed by atoms with E-state index >= 15 is 0 Å². The van der Waals surface area contributed by atoms with Crippen molar-refractivity contribution in [2.45, 2.75) is 0 Å². The number of nitrogens with zero attached hydrogens (tertiary/aromatic N) is 1. The fraction of sp³-hybridized carbons (Fsp3) is 0.0714. The minimum atomic E-state index is -0.300. The number of hydrogen-bond donors (Lipinski definition) is 2. The van der Waals surface area contributed by atoms with E-state index in [1.165, 1.54) is 4.90 Å². The molecule has 0 radical (unpaired) electrons. The number of nitrogen functional groups attached to an aromatic ring is 1. The molecule has 4 nitrogen and oxygen atoms in total. The number of anilines is 2. The maximum atomic E-state index is 12.2. The van der Waals surface area contributed by atoms with Crippen LogP contribution in [-0.2, 0) is 0 Å². The van der Waals surface area contributed by atoms with Crippen molar-refractivity contribution < 1.29 is 9.90 Å². The largest absolute Gasteiger partial charge is 0.505 e. The van der Waals surface area contributed by atoms with Crippen LogP contribution in [0.4, 0.5) is 11.4 Å². The lowest BCUT2D eigenvalue weighted by molar-refractivity contribution is 0.0990. The third kappa shape index (κ3) is 2.13. The lowest BCUT2D eigenvalue weighted by Gasteiger charge is -2.18. The average Bonchev–Trinajstić information content (AvgIpc) is 2.41. The molecule has 2 aromatic rings. The van der Waals surface area contributed by atoms with Gasteiger partial charge in [0.15, 0.2) is 5.75 Å². The normalized spacial score (nSPS) is 10.1. The van der Waals surface area contributed by atoms with E-state index in [0.717, 1.165) is 5.69 Å². The van der Waals surface area contributed by atoms with E-state index in [2.05, 4.69) is 0 Å². The Morgan fingerprint density at radius 2 is 1.78 bits per heavy atom. The number of nitrogens with two attached hydrogens (primary N) is 1. The number of carbonyl (C=O) groups is 1. The summed E-state index contributed by atoms with van der Waals surface area (Å²) < 4.78 is 0. The summed E-state index contributed by atoms with van der Waals surface area (Å²) in [6, 6.07) is 13.9. The van der Waals surface area contributed by atoms with E-state index < -0.39 is 0 Å². The van der Waals surface area contributed by atoms with Crippen LogP contribution in [0.25, 0.3) is 0 Å². The van der Waals surface area contributed by atoms with Crippen molar-refractivity contribution in [1.82, 2.24) is 0 Å². The van der Waals surface area contributed by atoms with Crippen LogP contribution in [0.2, 0.25) is 0 Å². The molecule has 0 aliphatic heterocycles. The molecule has 0 heterocycles. The zero-order valence-corrected chi connectivity index (χ0v) is 10.00. The quantitative estimate of drug-likeness (QED) is 0.627. The number of hydrogen-bond acceptors (Lipinski definition) is 3. The van der Waals surface area contributed by atoms with Crippen LogP contribution in [0.5, 0.6) is 5.75 Å². The van der Waals surface area contributed by atoms with E-state index in [0.29, 0.717) is 0 Å². The topological polar surface area (TPSA) is 66.6 Å². The second-order valence-electron chi connectivity index (χ2n) is 3.94. The van der Waals surface area contributed by atoms with Crippen molar-refractivity contribution >= 4 is 17.3 Å².